The summed E-state index contributed by atoms with van der Waals surface area (Å²) in [4.78, 5) is 33.6. The van der Waals surface area contributed by atoms with E-state index in [1.165, 1.54) is 36.2 Å². The Bertz CT molecular complexity index is 1140. The number of nitrogens with zero attached hydrogens (tertiary/aromatic N) is 2. The number of amidine groups is 1. The second-order valence-electron chi connectivity index (χ2n) is 8.90. The molecule has 1 saturated heterocycles. The van der Waals surface area contributed by atoms with Crippen molar-refractivity contribution in [1.82, 2.24) is 10.3 Å². The summed E-state index contributed by atoms with van der Waals surface area (Å²) >= 11 is 4.64. The number of halogens is 2. The highest BCUT2D eigenvalue weighted by Gasteiger charge is 2.50. The molecule has 2 aliphatic heterocycles. The highest BCUT2D eigenvalue weighted by atomic mass is 79.9. The fraction of sp³-hybridized carbons (Fsp3) is 0.391. The Morgan fingerprint density at radius 3 is 2.76 bits per heavy atom. The number of aliphatic imine (C=N–C) groups is 1. The minimum Gasteiger partial charge on any atom is -0.444 e. The monoisotopic (exact) mass is 550 g/mol. The normalized spacial score (nSPS) is 21.9. The molecule has 0 bridgehead atoms. The first-order chi connectivity index (χ1) is 16.1. The average molecular weight is 551 g/mol. The fourth-order valence-corrected chi connectivity index (χ4v) is 5.09. The lowest BCUT2D eigenvalue weighted by Gasteiger charge is -2.35. The van der Waals surface area contributed by atoms with Crippen molar-refractivity contribution in [3.8, 4) is 0 Å². The summed E-state index contributed by atoms with van der Waals surface area (Å²) in [5.41, 5.74) is -1.18. The van der Waals surface area contributed by atoms with Crippen LogP contribution in [-0.4, -0.2) is 40.1 Å². The zero-order chi connectivity index (χ0) is 24.5. The van der Waals surface area contributed by atoms with Gasteiger partial charge in [-0.1, -0.05) is 11.8 Å². The number of pyridine rings is 1. The third kappa shape index (κ3) is 5.42. The molecule has 0 radical (unpaired) electrons. The first kappa shape index (κ1) is 24.6. The van der Waals surface area contributed by atoms with Gasteiger partial charge in [-0.05, 0) is 73.5 Å². The van der Waals surface area contributed by atoms with Crippen LogP contribution in [0.5, 0.6) is 0 Å². The molecule has 0 aliphatic carbocycles. The van der Waals surface area contributed by atoms with E-state index in [1.54, 1.807) is 32.9 Å². The molecule has 4 rings (SSSR count). The SMILES string of the molecule is CC(C)(C)OC(=O)NC1=NC2(c3cc(NC(=O)c4ccc(Br)cn4)ccc3F)OCCC2CS1. The smallest absolute Gasteiger partial charge is 0.413 e. The van der Waals surface area contributed by atoms with Gasteiger partial charge < -0.3 is 14.8 Å². The van der Waals surface area contributed by atoms with Crippen LogP contribution < -0.4 is 10.6 Å². The molecule has 180 valence electrons. The van der Waals surface area contributed by atoms with Crippen LogP contribution in [0.15, 0.2) is 46.0 Å². The molecular formula is C23H24BrFN4O4S. The van der Waals surface area contributed by atoms with Crippen LogP contribution in [-0.2, 0) is 15.2 Å². The van der Waals surface area contributed by atoms with Gasteiger partial charge in [-0.2, -0.15) is 0 Å². The molecule has 11 heteroatoms. The number of fused-ring (bicyclic) bond motifs is 1. The van der Waals surface area contributed by atoms with Crippen molar-refractivity contribution in [1.29, 1.82) is 0 Å². The van der Waals surface area contributed by atoms with Crippen molar-refractivity contribution < 1.29 is 23.5 Å². The first-order valence-corrected chi connectivity index (χ1v) is 12.4. The third-order valence-electron chi connectivity index (χ3n) is 5.21. The molecular weight excluding hydrogens is 527 g/mol. The van der Waals surface area contributed by atoms with Gasteiger partial charge in [0.15, 0.2) is 10.9 Å². The van der Waals surface area contributed by atoms with Crippen LogP contribution in [0, 0.1) is 11.7 Å². The van der Waals surface area contributed by atoms with E-state index in [-0.39, 0.29) is 17.2 Å². The maximum absolute atomic E-state index is 15.1. The van der Waals surface area contributed by atoms with Crippen LogP contribution >= 0.6 is 27.7 Å². The lowest BCUT2D eigenvalue weighted by atomic mass is 9.89. The molecule has 3 heterocycles. The number of nitrogens with one attached hydrogen (secondary N) is 2. The topological polar surface area (TPSA) is 102 Å². The van der Waals surface area contributed by atoms with Crippen molar-refractivity contribution in [2.45, 2.75) is 38.5 Å². The van der Waals surface area contributed by atoms with Gasteiger partial charge in [0.2, 0.25) is 0 Å². The van der Waals surface area contributed by atoms with Gasteiger partial charge in [-0.3, -0.25) is 10.1 Å². The summed E-state index contributed by atoms with van der Waals surface area (Å²) in [6.07, 6.45) is 1.57. The van der Waals surface area contributed by atoms with Crippen molar-refractivity contribution in [3.63, 3.8) is 0 Å². The highest BCUT2D eigenvalue weighted by molar-refractivity contribution is 9.10. The first-order valence-electron chi connectivity index (χ1n) is 10.7. The van der Waals surface area contributed by atoms with E-state index in [0.29, 0.717) is 29.6 Å². The minimum absolute atomic E-state index is 0.102. The van der Waals surface area contributed by atoms with Crippen LogP contribution in [0.3, 0.4) is 0 Å². The molecule has 2 aliphatic rings. The molecule has 2 amide bonds. The van der Waals surface area contributed by atoms with Crippen molar-refractivity contribution >= 4 is 50.5 Å². The maximum Gasteiger partial charge on any atom is 0.413 e. The molecule has 8 nitrogen and oxygen atoms in total. The Kier molecular flexibility index (Phi) is 6.97. The molecule has 0 saturated carbocycles. The minimum atomic E-state index is -1.31. The van der Waals surface area contributed by atoms with Gasteiger partial charge in [0.1, 0.15) is 17.1 Å². The summed E-state index contributed by atoms with van der Waals surface area (Å²) in [5, 5.41) is 5.68. The summed E-state index contributed by atoms with van der Waals surface area (Å²) in [6.45, 7) is 5.68. The highest BCUT2D eigenvalue weighted by Crippen LogP contribution is 2.48. The lowest BCUT2D eigenvalue weighted by molar-refractivity contribution is -0.0173. The largest absolute Gasteiger partial charge is 0.444 e. The number of amides is 2. The molecule has 1 aromatic heterocycles. The Balaban J connectivity index is 1.62. The zero-order valence-electron chi connectivity index (χ0n) is 18.9. The molecule has 34 heavy (non-hydrogen) atoms. The van der Waals surface area contributed by atoms with E-state index in [9.17, 15) is 9.59 Å². The quantitative estimate of drug-likeness (QED) is 0.554. The number of alkyl carbamates (subject to hydrolysis) is 1. The Labute approximate surface area is 209 Å². The van der Waals surface area contributed by atoms with Gasteiger partial charge in [-0.15, -0.1) is 0 Å². The van der Waals surface area contributed by atoms with E-state index < -0.39 is 29.1 Å². The van der Waals surface area contributed by atoms with E-state index in [4.69, 9.17) is 9.47 Å². The summed E-state index contributed by atoms with van der Waals surface area (Å²) in [7, 11) is 0. The summed E-state index contributed by atoms with van der Waals surface area (Å²) < 4.78 is 27.2. The molecule has 2 unspecified atom stereocenters. The predicted octanol–water partition coefficient (Wildman–Crippen LogP) is 5.05. The average Bonchev–Trinajstić information content (AvgIpc) is 3.18. The zero-order valence-corrected chi connectivity index (χ0v) is 21.3. The number of anilines is 1. The van der Waals surface area contributed by atoms with E-state index in [0.717, 1.165) is 4.47 Å². The number of rotatable bonds is 3. The molecule has 1 fully saturated rings. The lowest BCUT2D eigenvalue weighted by Crippen LogP contribution is -2.42. The number of carbonyl (C=O) groups is 2. The van der Waals surface area contributed by atoms with Gasteiger partial charge in [0.25, 0.3) is 5.91 Å². The summed E-state index contributed by atoms with van der Waals surface area (Å²) in [6, 6.07) is 7.55. The van der Waals surface area contributed by atoms with Crippen LogP contribution in [0.25, 0.3) is 0 Å². The number of hydrogen-bond donors (Lipinski definition) is 2. The second kappa shape index (κ2) is 9.63. The Hall–Kier alpha value is -2.50. The van der Waals surface area contributed by atoms with Crippen molar-refractivity contribution in [3.05, 3.63) is 58.1 Å². The second-order valence-corrected chi connectivity index (χ2v) is 10.8. The van der Waals surface area contributed by atoms with E-state index >= 15 is 4.39 Å². The van der Waals surface area contributed by atoms with Gasteiger partial charge in [0.05, 0.1) is 6.61 Å². The molecule has 2 atom stereocenters. The van der Waals surface area contributed by atoms with E-state index in [2.05, 4.69) is 36.5 Å². The Morgan fingerprint density at radius 2 is 2.06 bits per heavy atom. The number of hydrogen-bond acceptors (Lipinski definition) is 7. The van der Waals surface area contributed by atoms with E-state index in [1.807, 2.05) is 0 Å². The number of carbonyl (C=O) groups excluding carboxylic acids is 2. The van der Waals surface area contributed by atoms with Gasteiger partial charge >= 0.3 is 6.09 Å². The van der Waals surface area contributed by atoms with Gasteiger partial charge in [0, 0.05) is 33.6 Å². The van der Waals surface area contributed by atoms with Crippen LogP contribution in [0.2, 0.25) is 0 Å². The predicted molar refractivity (Wildman–Crippen MR) is 131 cm³/mol. The fourth-order valence-electron chi connectivity index (χ4n) is 3.75. The standard InChI is InChI=1S/C23H24BrFN4O4S/c1-22(2,3)33-21(31)28-20-29-23(13(12-34-20)8-9-32-23)16-10-15(5-6-17(16)25)27-19(30)18-7-4-14(24)11-26-18/h4-7,10-11,13H,8-9,12H2,1-3H3,(H,27,30)(H,28,29,31). The molecule has 2 N–H and O–H groups in total. The Morgan fingerprint density at radius 1 is 1.26 bits per heavy atom. The van der Waals surface area contributed by atoms with Crippen LogP contribution in [0.1, 0.15) is 43.2 Å². The third-order valence-corrected chi connectivity index (χ3v) is 6.71. The molecule has 0 spiro atoms. The number of ether oxygens (including phenoxy) is 2. The number of thioether (sulfide) groups is 1. The molecule has 1 aromatic carbocycles. The van der Waals surface area contributed by atoms with Crippen molar-refractivity contribution in [2.75, 3.05) is 17.7 Å². The van der Waals surface area contributed by atoms with Gasteiger partial charge in [-0.25, -0.2) is 19.2 Å². The number of benzene rings is 1. The van der Waals surface area contributed by atoms with Crippen LogP contribution in [0.4, 0.5) is 14.9 Å². The maximum atomic E-state index is 15.1. The number of aromatic nitrogens is 1. The molecule has 2 aromatic rings. The summed E-state index contributed by atoms with van der Waals surface area (Å²) in [5.74, 6) is -0.469. The van der Waals surface area contributed by atoms with Crippen molar-refractivity contribution in [2.24, 2.45) is 10.9 Å².